The monoisotopic (exact) mass is 282 g/mol. The molecule has 0 aromatic heterocycles. The number of hydrazine groups is 1. The first-order chi connectivity index (χ1) is 9.22. The van der Waals surface area contributed by atoms with E-state index in [1.807, 2.05) is 6.07 Å². The molecule has 0 saturated heterocycles. The molecule has 1 aliphatic rings. The fourth-order valence-corrected chi connectivity index (χ4v) is 2.46. The Kier molecular flexibility index (Phi) is 4.87. The first kappa shape index (κ1) is 14.0. The van der Waals surface area contributed by atoms with Crippen LogP contribution in [0.2, 0.25) is 5.02 Å². The van der Waals surface area contributed by atoms with Gasteiger partial charge in [-0.15, -0.1) is 0 Å². The van der Waals surface area contributed by atoms with Gasteiger partial charge in [0.1, 0.15) is 5.75 Å². The first-order valence-corrected chi connectivity index (χ1v) is 6.75. The second-order valence-corrected chi connectivity index (χ2v) is 4.94. The van der Waals surface area contributed by atoms with E-state index in [1.165, 1.54) is 12.8 Å². The molecule has 0 aliphatic heterocycles. The number of rotatable bonds is 3. The van der Waals surface area contributed by atoms with Crippen LogP contribution in [0, 0.1) is 0 Å². The maximum Gasteiger partial charge on any atom is 0.210 e. The zero-order valence-corrected chi connectivity index (χ0v) is 11.7. The molecule has 0 heterocycles. The summed E-state index contributed by atoms with van der Waals surface area (Å²) in [5, 5.41) is 3.67. The molecule has 104 valence electrons. The summed E-state index contributed by atoms with van der Waals surface area (Å²) in [6.45, 7) is 0. The van der Waals surface area contributed by atoms with E-state index in [4.69, 9.17) is 22.2 Å². The maximum atomic E-state index is 6.07. The van der Waals surface area contributed by atoms with Crippen molar-refractivity contribution in [2.24, 2.45) is 10.8 Å². The lowest BCUT2D eigenvalue weighted by Gasteiger charge is -2.12. The van der Waals surface area contributed by atoms with Crippen LogP contribution in [-0.4, -0.2) is 19.1 Å². The van der Waals surface area contributed by atoms with E-state index in [1.54, 1.807) is 19.2 Å². The van der Waals surface area contributed by atoms with Crippen LogP contribution in [0.15, 0.2) is 23.2 Å². The van der Waals surface area contributed by atoms with Gasteiger partial charge in [-0.2, -0.15) is 0 Å². The van der Waals surface area contributed by atoms with Gasteiger partial charge in [-0.05, 0) is 31.0 Å². The van der Waals surface area contributed by atoms with Crippen LogP contribution in [0.1, 0.15) is 25.7 Å². The summed E-state index contributed by atoms with van der Waals surface area (Å²) in [4.78, 5) is 4.56. The predicted octanol–water partition coefficient (Wildman–Crippen LogP) is 2.52. The zero-order chi connectivity index (χ0) is 13.7. The van der Waals surface area contributed by atoms with E-state index in [2.05, 4.69) is 15.7 Å². The normalized spacial score (nSPS) is 16.5. The Morgan fingerprint density at radius 3 is 2.74 bits per heavy atom. The third-order valence-electron chi connectivity index (χ3n) is 3.19. The van der Waals surface area contributed by atoms with E-state index in [-0.39, 0.29) is 0 Å². The van der Waals surface area contributed by atoms with Gasteiger partial charge in [-0.3, -0.25) is 5.43 Å². The summed E-state index contributed by atoms with van der Waals surface area (Å²) in [6.07, 6.45) is 4.72. The van der Waals surface area contributed by atoms with Crippen LogP contribution in [0.4, 0.5) is 5.69 Å². The Balaban J connectivity index is 2.07. The quantitative estimate of drug-likeness (QED) is 0.345. The van der Waals surface area contributed by atoms with E-state index >= 15 is 0 Å². The van der Waals surface area contributed by atoms with Crippen LogP contribution < -0.4 is 21.3 Å². The first-order valence-electron chi connectivity index (χ1n) is 6.38. The minimum atomic E-state index is 0.354. The molecule has 1 aliphatic carbocycles. The van der Waals surface area contributed by atoms with E-state index in [0.29, 0.717) is 22.8 Å². The summed E-state index contributed by atoms with van der Waals surface area (Å²) >= 11 is 6.07. The molecule has 2 rings (SSSR count). The molecule has 0 amide bonds. The van der Waals surface area contributed by atoms with Crippen molar-refractivity contribution in [3.05, 3.63) is 23.2 Å². The summed E-state index contributed by atoms with van der Waals surface area (Å²) < 4.78 is 5.11. The van der Waals surface area contributed by atoms with Crippen molar-refractivity contribution in [3.63, 3.8) is 0 Å². The molecular formula is C13H19ClN4O. The third kappa shape index (κ3) is 3.75. The fraction of sp³-hybridized carbons (Fsp3) is 0.462. The van der Waals surface area contributed by atoms with E-state index in [0.717, 1.165) is 18.5 Å². The number of nitrogens with two attached hydrogens (primary N) is 1. The summed E-state index contributed by atoms with van der Waals surface area (Å²) in [5.41, 5.74) is 3.41. The number of nitrogens with zero attached hydrogens (tertiary/aromatic N) is 1. The van der Waals surface area contributed by atoms with Gasteiger partial charge in [0.2, 0.25) is 5.96 Å². The van der Waals surface area contributed by atoms with Gasteiger partial charge in [0, 0.05) is 5.69 Å². The molecule has 0 bridgehead atoms. The summed E-state index contributed by atoms with van der Waals surface area (Å²) in [5.74, 6) is 6.70. The highest BCUT2D eigenvalue weighted by molar-refractivity contribution is 6.32. The molecule has 1 aromatic carbocycles. The molecule has 0 radical (unpaired) electrons. The minimum Gasteiger partial charge on any atom is -0.495 e. The van der Waals surface area contributed by atoms with E-state index < -0.39 is 0 Å². The Morgan fingerprint density at radius 2 is 2.16 bits per heavy atom. The number of anilines is 1. The second-order valence-electron chi connectivity index (χ2n) is 4.53. The number of hydrogen-bond donors (Lipinski definition) is 3. The number of halogens is 1. The van der Waals surface area contributed by atoms with E-state index in [9.17, 15) is 0 Å². The minimum absolute atomic E-state index is 0.354. The molecule has 1 aromatic rings. The average Bonchev–Trinajstić information content (AvgIpc) is 2.91. The Labute approximate surface area is 118 Å². The van der Waals surface area contributed by atoms with Gasteiger partial charge >= 0.3 is 0 Å². The fourth-order valence-electron chi connectivity index (χ4n) is 2.20. The molecule has 19 heavy (non-hydrogen) atoms. The Morgan fingerprint density at radius 1 is 1.42 bits per heavy atom. The van der Waals surface area contributed by atoms with Crippen LogP contribution >= 0.6 is 11.6 Å². The van der Waals surface area contributed by atoms with Gasteiger partial charge in [-0.25, -0.2) is 10.8 Å². The van der Waals surface area contributed by atoms with Crippen molar-refractivity contribution < 1.29 is 4.74 Å². The molecule has 0 spiro atoms. The van der Waals surface area contributed by atoms with Gasteiger partial charge in [0.05, 0.1) is 18.2 Å². The van der Waals surface area contributed by atoms with Crippen molar-refractivity contribution in [2.75, 3.05) is 12.4 Å². The lowest BCUT2D eigenvalue weighted by Crippen LogP contribution is -2.37. The second kappa shape index (κ2) is 6.63. The molecule has 6 heteroatoms. The van der Waals surface area contributed by atoms with Crippen molar-refractivity contribution in [2.45, 2.75) is 31.7 Å². The Bertz CT molecular complexity index is 458. The number of guanidine groups is 1. The Hall–Kier alpha value is -1.46. The highest BCUT2D eigenvalue weighted by atomic mass is 35.5. The van der Waals surface area contributed by atoms with Gasteiger partial charge in [-0.1, -0.05) is 24.4 Å². The number of aliphatic imine (C=N–C) groups is 1. The van der Waals surface area contributed by atoms with Crippen molar-refractivity contribution >= 4 is 23.2 Å². The lowest BCUT2D eigenvalue weighted by molar-refractivity contribution is 0.415. The average molecular weight is 283 g/mol. The number of ether oxygens (including phenoxy) is 1. The molecule has 5 nitrogen and oxygen atoms in total. The largest absolute Gasteiger partial charge is 0.495 e. The molecule has 1 fully saturated rings. The summed E-state index contributed by atoms with van der Waals surface area (Å²) in [7, 11) is 1.59. The predicted molar refractivity (Wildman–Crippen MR) is 78.6 cm³/mol. The van der Waals surface area contributed by atoms with Crippen LogP contribution in [0.25, 0.3) is 0 Å². The maximum absolute atomic E-state index is 6.07. The number of benzene rings is 1. The van der Waals surface area contributed by atoms with Gasteiger partial charge in [0.15, 0.2) is 0 Å². The molecule has 4 N–H and O–H groups in total. The number of methoxy groups -OCH3 is 1. The molecule has 1 saturated carbocycles. The zero-order valence-electron chi connectivity index (χ0n) is 10.9. The van der Waals surface area contributed by atoms with Gasteiger partial charge in [0.25, 0.3) is 0 Å². The molecule has 0 atom stereocenters. The number of nitrogens with one attached hydrogen (secondary N) is 2. The SMILES string of the molecule is COc1ccc(NC(=NC2CCCC2)NN)cc1Cl. The van der Waals surface area contributed by atoms with Crippen LogP contribution in [-0.2, 0) is 0 Å². The van der Waals surface area contributed by atoms with Crippen molar-refractivity contribution in [1.82, 2.24) is 5.43 Å². The van der Waals surface area contributed by atoms with Gasteiger partial charge < -0.3 is 10.1 Å². The topological polar surface area (TPSA) is 71.7 Å². The third-order valence-corrected chi connectivity index (χ3v) is 3.48. The molecular weight excluding hydrogens is 264 g/mol. The smallest absolute Gasteiger partial charge is 0.210 e. The van der Waals surface area contributed by atoms with Crippen LogP contribution in [0.3, 0.4) is 0 Å². The van der Waals surface area contributed by atoms with Crippen molar-refractivity contribution in [3.8, 4) is 5.75 Å². The van der Waals surface area contributed by atoms with Crippen molar-refractivity contribution in [1.29, 1.82) is 0 Å². The number of hydrogen-bond acceptors (Lipinski definition) is 3. The summed E-state index contributed by atoms with van der Waals surface area (Å²) in [6, 6.07) is 5.80. The molecule has 0 unspecified atom stereocenters. The lowest BCUT2D eigenvalue weighted by atomic mass is 10.3. The highest BCUT2D eigenvalue weighted by Gasteiger charge is 2.14. The standard InChI is InChI=1S/C13H19ClN4O/c1-19-12-7-6-10(8-11(12)14)17-13(18-15)16-9-4-2-3-5-9/h6-9H,2-5,15H2,1H3,(H2,16,17,18). The highest BCUT2D eigenvalue weighted by Crippen LogP contribution is 2.27. The van der Waals surface area contributed by atoms with Crippen LogP contribution in [0.5, 0.6) is 5.75 Å².